The van der Waals surface area contributed by atoms with E-state index in [2.05, 4.69) is 15.6 Å². The number of benzene rings is 1. The molecule has 0 saturated heterocycles. The summed E-state index contributed by atoms with van der Waals surface area (Å²) in [5.74, 6) is -0.00747. The van der Waals surface area contributed by atoms with Gasteiger partial charge in [-0.05, 0) is 31.6 Å². The van der Waals surface area contributed by atoms with Crippen LogP contribution in [-0.4, -0.2) is 31.0 Å². The van der Waals surface area contributed by atoms with Crippen molar-refractivity contribution in [1.82, 2.24) is 15.6 Å². The van der Waals surface area contributed by atoms with Crippen molar-refractivity contribution in [3.8, 4) is 0 Å². The van der Waals surface area contributed by atoms with Gasteiger partial charge in [0.05, 0.1) is 11.2 Å². The fraction of sp³-hybridized carbons (Fsp3) is 0.333. The van der Waals surface area contributed by atoms with Crippen LogP contribution >= 0.6 is 11.3 Å². The van der Waals surface area contributed by atoms with Gasteiger partial charge in [-0.1, -0.05) is 18.2 Å². The van der Waals surface area contributed by atoms with E-state index in [1.54, 1.807) is 11.3 Å². The normalized spacial score (nSPS) is 10.4. The van der Waals surface area contributed by atoms with Crippen LogP contribution in [0, 0.1) is 0 Å². The largest absolute Gasteiger partial charge is 0.352 e. The van der Waals surface area contributed by atoms with E-state index in [4.69, 9.17) is 0 Å². The molecule has 4 nitrogen and oxygen atoms in total. The van der Waals surface area contributed by atoms with Crippen LogP contribution in [0.2, 0.25) is 0 Å². The van der Waals surface area contributed by atoms with Crippen LogP contribution in [0.4, 0.5) is 0 Å². The third-order valence-electron chi connectivity index (χ3n) is 3.06. The molecule has 2 N–H and O–H groups in total. The SMILES string of the molecule is CNCCc1ccccc1C(=O)NCCc1cscn1. The number of aromatic nitrogens is 1. The van der Waals surface area contributed by atoms with Crippen molar-refractivity contribution < 1.29 is 4.79 Å². The van der Waals surface area contributed by atoms with Gasteiger partial charge in [0.15, 0.2) is 0 Å². The molecular formula is C15H19N3OS. The summed E-state index contributed by atoms with van der Waals surface area (Å²) in [6.45, 7) is 1.48. The van der Waals surface area contributed by atoms with Crippen molar-refractivity contribution in [2.75, 3.05) is 20.1 Å². The number of thiazole rings is 1. The predicted molar refractivity (Wildman–Crippen MR) is 82.2 cm³/mol. The lowest BCUT2D eigenvalue weighted by molar-refractivity contribution is 0.0953. The van der Waals surface area contributed by atoms with Gasteiger partial charge in [-0.2, -0.15) is 0 Å². The molecule has 106 valence electrons. The number of amides is 1. The lowest BCUT2D eigenvalue weighted by atomic mass is 10.0. The second-order valence-corrected chi connectivity index (χ2v) is 5.22. The summed E-state index contributed by atoms with van der Waals surface area (Å²) in [5, 5.41) is 8.07. The number of hydrogen-bond donors (Lipinski definition) is 2. The zero-order valence-electron chi connectivity index (χ0n) is 11.6. The highest BCUT2D eigenvalue weighted by atomic mass is 32.1. The Hall–Kier alpha value is -1.72. The molecular weight excluding hydrogens is 270 g/mol. The number of rotatable bonds is 7. The maximum absolute atomic E-state index is 12.2. The lowest BCUT2D eigenvalue weighted by Crippen LogP contribution is -2.27. The summed E-state index contributed by atoms with van der Waals surface area (Å²) in [6, 6.07) is 7.76. The first-order chi connectivity index (χ1) is 9.81. The van der Waals surface area contributed by atoms with Crippen LogP contribution in [0.25, 0.3) is 0 Å². The minimum atomic E-state index is -0.00747. The molecule has 1 amide bonds. The summed E-state index contributed by atoms with van der Waals surface area (Å²) in [4.78, 5) is 16.4. The Labute approximate surface area is 123 Å². The van der Waals surface area contributed by atoms with Gasteiger partial charge in [-0.15, -0.1) is 11.3 Å². The van der Waals surface area contributed by atoms with Crippen LogP contribution < -0.4 is 10.6 Å². The van der Waals surface area contributed by atoms with Gasteiger partial charge in [-0.25, -0.2) is 4.98 Å². The highest BCUT2D eigenvalue weighted by Gasteiger charge is 2.09. The molecule has 0 aliphatic rings. The summed E-state index contributed by atoms with van der Waals surface area (Å²) < 4.78 is 0. The molecule has 1 aromatic heterocycles. The van der Waals surface area contributed by atoms with E-state index in [0.717, 1.165) is 36.2 Å². The molecule has 0 spiro atoms. The van der Waals surface area contributed by atoms with Crippen LogP contribution in [0.3, 0.4) is 0 Å². The van der Waals surface area contributed by atoms with Crippen molar-refractivity contribution in [1.29, 1.82) is 0 Å². The van der Waals surface area contributed by atoms with E-state index >= 15 is 0 Å². The molecule has 5 heteroatoms. The Balaban J connectivity index is 1.91. The average Bonchev–Trinajstić information content (AvgIpc) is 2.98. The Morgan fingerprint density at radius 2 is 2.10 bits per heavy atom. The maximum atomic E-state index is 12.2. The maximum Gasteiger partial charge on any atom is 0.251 e. The Kier molecular flexibility index (Phi) is 5.70. The van der Waals surface area contributed by atoms with Crippen LogP contribution in [-0.2, 0) is 12.8 Å². The quantitative estimate of drug-likeness (QED) is 0.818. The van der Waals surface area contributed by atoms with E-state index in [0.29, 0.717) is 6.54 Å². The molecule has 0 atom stereocenters. The number of carbonyl (C=O) groups excluding carboxylic acids is 1. The predicted octanol–water partition coefficient (Wildman–Crippen LogP) is 1.88. The van der Waals surface area contributed by atoms with E-state index in [1.807, 2.05) is 42.2 Å². The molecule has 0 fully saturated rings. The van der Waals surface area contributed by atoms with Gasteiger partial charge in [0.2, 0.25) is 0 Å². The van der Waals surface area contributed by atoms with Crippen LogP contribution in [0.1, 0.15) is 21.6 Å². The number of carbonyl (C=O) groups is 1. The summed E-state index contributed by atoms with van der Waals surface area (Å²) >= 11 is 1.58. The van der Waals surface area contributed by atoms with Crippen molar-refractivity contribution in [2.45, 2.75) is 12.8 Å². The third-order valence-corrected chi connectivity index (χ3v) is 3.69. The Morgan fingerprint density at radius 3 is 2.85 bits per heavy atom. The lowest BCUT2D eigenvalue weighted by Gasteiger charge is -2.09. The molecule has 2 aromatic rings. The summed E-state index contributed by atoms with van der Waals surface area (Å²) in [7, 11) is 1.91. The van der Waals surface area contributed by atoms with Crippen molar-refractivity contribution >= 4 is 17.2 Å². The fourth-order valence-corrected chi connectivity index (χ4v) is 2.57. The van der Waals surface area contributed by atoms with Crippen molar-refractivity contribution in [3.63, 3.8) is 0 Å². The highest BCUT2D eigenvalue weighted by Crippen LogP contribution is 2.09. The number of likely N-dealkylation sites (N-methyl/N-ethyl adjacent to an activating group) is 1. The number of hydrogen-bond acceptors (Lipinski definition) is 4. The molecule has 0 aliphatic carbocycles. The van der Waals surface area contributed by atoms with Gasteiger partial charge < -0.3 is 10.6 Å². The first kappa shape index (κ1) is 14.7. The van der Waals surface area contributed by atoms with Crippen LogP contribution in [0.5, 0.6) is 0 Å². The van der Waals surface area contributed by atoms with Gasteiger partial charge in [0.25, 0.3) is 5.91 Å². The fourth-order valence-electron chi connectivity index (χ4n) is 1.98. The molecule has 0 bridgehead atoms. The van der Waals surface area contributed by atoms with Crippen molar-refractivity contribution in [2.24, 2.45) is 0 Å². The minimum absolute atomic E-state index is 0.00747. The van der Waals surface area contributed by atoms with E-state index < -0.39 is 0 Å². The zero-order chi connectivity index (χ0) is 14.2. The standard InChI is InChI=1S/C15H19N3OS/c1-16-8-6-12-4-2-3-5-14(12)15(19)17-9-7-13-10-20-11-18-13/h2-5,10-11,16H,6-9H2,1H3,(H,17,19). The summed E-state index contributed by atoms with van der Waals surface area (Å²) in [6.07, 6.45) is 1.63. The molecule has 1 aromatic carbocycles. The van der Waals surface area contributed by atoms with Crippen LogP contribution in [0.15, 0.2) is 35.2 Å². The molecule has 0 unspecified atom stereocenters. The zero-order valence-corrected chi connectivity index (χ0v) is 12.4. The summed E-state index contributed by atoms with van der Waals surface area (Å²) in [5.41, 5.74) is 4.68. The van der Waals surface area contributed by atoms with Gasteiger partial charge in [0, 0.05) is 23.9 Å². The van der Waals surface area contributed by atoms with Crippen molar-refractivity contribution in [3.05, 3.63) is 52.0 Å². The van der Waals surface area contributed by atoms with E-state index in [9.17, 15) is 4.79 Å². The third kappa shape index (κ3) is 4.15. The molecule has 2 rings (SSSR count). The van der Waals surface area contributed by atoms with Gasteiger partial charge in [-0.3, -0.25) is 4.79 Å². The van der Waals surface area contributed by atoms with E-state index in [1.165, 1.54) is 0 Å². The Bertz CT molecular complexity index is 540. The first-order valence-electron chi connectivity index (χ1n) is 6.69. The molecule has 0 saturated carbocycles. The van der Waals surface area contributed by atoms with E-state index in [-0.39, 0.29) is 5.91 Å². The van der Waals surface area contributed by atoms with Gasteiger partial charge >= 0.3 is 0 Å². The number of nitrogens with one attached hydrogen (secondary N) is 2. The molecule has 20 heavy (non-hydrogen) atoms. The first-order valence-corrected chi connectivity index (χ1v) is 7.63. The molecule has 0 aliphatic heterocycles. The monoisotopic (exact) mass is 289 g/mol. The molecule has 0 radical (unpaired) electrons. The second kappa shape index (κ2) is 7.77. The number of nitrogens with zero attached hydrogens (tertiary/aromatic N) is 1. The highest BCUT2D eigenvalue weighted by molar-refractivity contribution is 7.07. The minimum Gasteiger partial charge on any atom is -0.352 e. The molecule has 1 heterocycles. The average molecular weight is 289 g/mol. The topological polar surface area (TPSA) is 54.0 Å². The smallest absolute Gasteiger partial charge is 0.251 e. The Morgan fingerprint density at radius 1 is 1.25 bits per heavy atom. The van der Waals surface area contributed by atoms with Gasteiger partial charge in [0.1, 0.15) is 0 Å². The second-order valence-electron chi connectivity index (χ2n) is 4.50.